The van der Waals surface area contributed by atoms with Gasteiger partial charge in [0.05, 0.1) is 29.0 Å². The van der Waals surface area contributed by atoms with E-state index in [0.717, 1.165) is 12.3 Å². The van der Waals surface area contributed by atoms with Crippen LogP contribution in [0.4, 0.5) is 5.69 Å². The van der Waals surface area contributed by atoms with Gasteiger partial charge < -0.3 is 9.84 Å². The van der Waals surface area contributed by atoms with Crippen LogP contribution in [0.2, 0.25) is 0 Å². The number of carbonyl (C=O) groups is 1. The van der Waals surface area contributed by atoms with Crippen LogP contribution in [0.1, 0.15) is 10.4 Å². The van der Waals surface area contributed by atoms with Crippen molar-refractivity contribution in [1.29, 1.82) is 0 Å². The van der Waals surface area contributed by atoms with Crippen molar-refractivity contribution in [1.82, 2.24) is 4.98 Å². The third-order valence-corrected chi connectivity index (χ3v) is 3.30. The first-order valence-electron chi connectivity index (χ1n) is 4.70. The second-order valence-electron chi connectivity index (χ2n) is 3.39. The summed E-state index contributed by atoms with van der Waals surface area (Å²) in [5.41, 5.74) is -0.465. The van der Waals surface area contributed by atoms with Crippen molar-refractivity contribution in [2.75, 3.05) is 13.2 Å². The summed E-state index contributed by atoms with van der Waals surface area (Å²) in [6.45, 7) is 1.06. The van der Waals surface area contributed by atoms with Crippen molar-refractivity contribution in [2.24, 2.45) is 0 Å². The zero-order chi connectivity index (χ0) is 12.4. The molecule has 0 aromatic carbocycles. The van der Waals surface area contributed by atoms with Crippen LogP contribution in [0.25, 0.3) is 0 Å². The summed E-state index contributed by atoms with van der Waals surface area (Å²) in [6.07, 6.45) is 1.12. The fraction of sp³-hybridized carbons (Fsp3) is 0.333. The number of pyridine rings is 1. The summed E-state index contributed by atoms with van der Waals surface area (Å²) >= 11 is 1.24. The first-order chi connectivity index (χ1) is 8.08. The van der Waals surface area contributed by atoms with Gasteiger partial charge in [0.2, 0.25) is 0 Å². The molecule has 0 atom stereocenters. The predicted octanol–water partition coefficient (Wildman–Crippen LogP) is 1.18. The normalized spacial score (nSPS) is 15.3. The van der Waals surface area contributed by atoms with Crippen LogP contribution in [-0.4, -0.2) is 39.4 Å². The second-order valence-corrected chi connectivity index (χ2v) is 4.68. The number of ether oxygens (including phenoxy) is 1. The first-order valence-corrected chi connectivity index (χ1v) is 5.58. The van der Waals surface area contributed by atoms with Crippen LogP contribution in [0, 0.1) is 10.1 Å². The van der Waals surface area contributed by atoms with Gasteiger partial charge in [0.15, 0.2) is 5.03 Å². The van der Waals surface area contributed by atoms with Crippen molar-refractivity contribution in [3.63, 3.8) is 0 Å². The SMILES string of the molecule is O=C(O)c1cnc(SC2COC2)c([N+](=O)[O-])c1. The van der Waals surface area contributed by atoms with Gasteiger partial charge in [-0.2, -0.15) is 0 Å². The molecule has 0 saturated carbocycles. The van der Waals surface area contributed by atoms with Gasteiger partial charge in [-0.25, -0.2) is 9.78 Å². The number of carboxylic acid groups (broad SMARTS) is 1. The van der Waals surface area contributed by atoms with E-state index in [1.165, 1.54) is 11.8 Å². The molecule has 1 N–H and O–H groups in total. The Morgan fingerprint density at radius 3 is 2.82 bits per heavy atom. The number of aromatic carboxylic acids is 1. The lowest BCUT2D eigenvalue weighted by atomic mass is 10.3. The molecule has 1 aliphatic heterocycles. The van der Waals surface area contributed by atoms with Gasteiger partial charge in [-0.15, -0.1) is 0 Å². The molecule has 8 heteroatoms. The molecule has 2 rings (SSSR count). The molecule has 0 bridgehead atoms. The maximum Gasteiger partial charge on any atom is 0.337 e. The third kappa shape index (κ3) is 2.53. The highest BCUT2D eigenvalue weighted by Gasteiger charge is 2.26. The molecule has 1 saturated heterocycles. The largest absolute Gasteiger partial charge is 0.478 e. The lowest BCUT2D eigenvalue weighted by Crippen LogP contribution is -2.30. The number of hydrogen-bond acceptors (Lipinski definition) is 6. The molecule has 1 aliphatic rings. The Hall–Kier alpha value is -1.67. The summed E-state index contributed by atoms with van der Waals surface area (Å²) in [5.74, 6) is -1.23. The molecule has 0 spiro atoms. The van der Waals surface area contributed by atoms with E-state index in [1.54, 1.807) is 0 Å². The van der Waals surface area contributed by atoms with Crippen molar-refractivity contribution in [3.8, 4) is 0 Å². The highest BCUT2D eigenvalue weighted by Crippen LogP contribution is 2.33. The van der Waals surface area contributed by atoms with Gasteiger partial charge in [-0.3, -0.25) is 10.1 Å². The van der Waals surface area contributed by atoms with E-state index in [9.17, 15) is 14.9 Å². The van der Waals surface area contributed by atoms with Crippen LogP contribution in [-0.2, 0) is 4.74 Å². The topological polar surface area (TPSA) is 103 Å². The van der Waals surface area contributed by atoms with Crippen LogP contribution in [0.5, 0.6) is 0 Å². The quantitative estimate of drug-likeness (QED) is 0.637. The van der Waals surface area contributed by atoms with E-state index in [4.69, 9.17) is 9.84 Å². The third-order valence-electron chi connectivity index (χ3n) is 2.16. The van der Waals surface area contributed by atoms with Crippen LogP contribution >= 0.6 is 11.8 Å². The van der Waals surface area contributed by atoms with Gasteiger partial charge in [-0.1, -0.05) is 11.8 Å². The number of aromatic nitrogens is 1. The summed E-state index contributed by atoms with van der Waals surface area (Å²) < 4.78 is 4.96. The van der Waals surface area contributed by atoms with Crippen molar-refractivity contribution >= 4 is 23.4 Å². The summed E-state index contributed by atoms with van der Waals surface area (Å²) in [4.78, 5) is 24.7. The molecular weight excluding hydrogens is 248 g/mol. The van der Waals surface area contributed by atoms with Crippen LogP contribution < -0.4 is 0 Å². The lowest BCUT2D eigenvalue weighted by molar-refractivity contribution is -0.388. The molecule has 0 unspecified atom stereocenters. The molecule has 1 fully saturated rings. The van der Waals surface area contributed by atoms with Gasteiger partial charge in [-0.05, 0) is 0 Å². The van der Waals surface area contributed by atoms with E-state index < -0.39 is 10.9 Å². The smallest absolute Gasteiger partial charge is 0.337 e. The Balaban J connectivity index is 2.30. The first kappa shape index (κ1) is 11.8. The zero-order valence-corrected chi connectivity index (χ0v) is 9.35. The minimum absolute atomic E-state index is 0.150. The molecular formula is C9H8N2O5S. The molecule has 0 aliphatic carbocycles. The highest BCUT2D eigenvalue weighted by molar-refractivity contribution is 8.00. The average molecular weight is 256 g/mol. The number of thioether (sulfide) groups is 1. The predicted molar refractivity (Wildman–Crippen MR) is 58.3 cm³/mol. The number of nitrogens with zero attached hydrogens (tertiary/aromatic N) is 2. The lowest BCUT2D eigenvalue weighted by Gasteiger charge is -2.24. The Morgan fingerprint density at radius 1 is 1.65 bits per heavy atom. The highest BCUT2D eigenvalue weighted by atomic mass is 32.2. The fourth-order valence-corrected chi connectivity index (χ4v) is 2.23. The summed E-state index contributed by atoms with van der Waals surface area (Å²) in [7, 11) is 0. The number of nitro groups is 1. The Bertz CT molecular complexity index is 474. The number of carboxylic acids is 1. The molecule has 17 heavy (non-hydrogen) atoms. The van der Waals surface area contributed by atoms with Gasteiger partial charge >= 0.3 is 11.7 Å². The standard InChI is InChI=1S/C9H8N2O5S/c12-9(13)5-1-7(11(14)15)8(10-2-5)17-6-3-16-4-6/h1-2,6H,3-4H2,(H,12,13). The molecule has 90 valence electrons. The van der Waals surface area contributed by atoms with E-state index in [2.05, 4.69) is 4.98 Å². The second kappa shape index (κ2) is 4.68. The van der Waals surface area contributed by atoms with Crippen molar-refractivity contribution in [3.05, 3.63) is 27.9 Å². The maximum absolute atomic E-state index is 10.8. The molecule has 1 aromatic rings. The van der Waals surface area contributed by atoms with Crippen LogP contribution in [0.15, 0.2) is 17.3 Å². The Morgan fingerprint density at radius 2 is 2.35 bits per heavy atom. The fourth-order valence-electron chi connectivity index (χ4n) is 1.22. The van der Waals surface area contributed by atoms with E-state index >= 15 is 0 Å². The summed E-state index contributed by atoms with van der Waals surface area (Å²) in [5, 5.41) is 19.9. The van der Waals surface area contributed by atoms with Crippen molar-refractivity contribution in [2.45, 2.75) is 10.3 Å². The Labute approximate surface area is 100.0 Å². The van der Waals surface area contributed by atoms with Gasteiger partial charge in [0.1, 0.15) is 0 Å². The molecule has 0 amide bonds. The molecule has 2 heterocycles. The zero-order valence-electron chi connectivity index (χ0n) is 8.53. The monoisotopic (exact) mass is 256 g/mol. The molecule has 1 aromatic heterocycles. The van der Waals surface area contributed by atoms with E-state index in [-0.39, 0.29) is 21.5 Å². The number of rotatable bonds is 4. The van der Waals surface area contributed by atoms with E-state index in [1.807, 2.05) is 0 Å². The van der Waals surface area contributed by atoms with Crippen LogP contribution in [0.3, 0.4) is 0 Å². The maximum atomic E-state index is 10.8. The minimum atomic E-state index is -1.23. The molecule has 7 nitrogen and oxygen atoms in total. The van der Waals surface area contributed by atoms with Crippen molar-refractivity contribution < 1.29 is 19.6 Å². The average Bonchev–Trinajstić information content (AvgIpc) is 2.23. The van der Waals surface area contributed by atoms with Gasteiger partial charge in [0.25, 0.3) is 0 Å². The number of hydrogen-bond donors (Lipinski definition) is 1. The summed E-state index contributed by atoms with van der Waals surface area (Å²) in [6, 6.07) is 1.02. The van der Waals surface area contributed by atoms with Gasteiger partial charge in [0, 0.05) is 12.3 Å². The molecule has 0 radical (unpaired) electrons. The van der Waals surface area contributed by atoms with E-state index in [0.29, 0.717) is 13.2 Å². The minimum Gasteiger partial charge on any atom is -0.478 e. The Kier molecular flexibility index (Phi) is 3.25.